The Kier molecular flexibility index (Phi) is 7.04. The number of ether oxygens (including phenoxy) is 1. The highest BCUT2D eigenvalue weighted by atomic mass is 32.2. The van der Waals surface area contributed by atoms with Crippen molar-refractivity contribution in [2.75, 3.05) is 31.1 Å². The molecule has 4 heterocycles. The summed E-state index contributed by atoms with van der Waals surface area (Å²) in [6.45, 7) is 3.91. The Bertz CT molecular complexity index is 1250. The number of hydrogen-bond acceptors (Lipinski definition) is 7. The number of sulfonamides is 1. The Morgan fingerprint density at radius 3 is 2.85 bits per heavy atom. The second-order valence-electron chi connectivity index (χ2n) is 8.83. The summed E-state index contributed by atoms with van der Waals surface area (Å²) in [5.74, 6) is -0.457. The Hall–Kier alpha value is -1.85. The number of nitrogens with zero attached hydrogens (tertiary/aromatic N) is 3. The van der Waals surface area contributed by atoms with E-state index in [-0.39, 0.29) is 18.6 Å². The molecular weight excluding hydrogens is 490 g/mol. The molecule has 10 heteroatoms. The number of hydrogen-bond donors (Lipinski definition) is 0. The number of aromatic nitrogens is 1. The summed E-state index contributed by atoms with van der Waals surface area (Å²) in [5.41, 5.74) is 2.11. The van der Waals surface area contributed by atoms with E-state index in [9.17, 15) is 13.2 Å². The minimum absolute atomic E-state index is 0.0175. The van der Waals surface area contributed by atoms with Crippen molar-refractivity contribution in [2.45, 2.75) is 49.3 Å². The van der Waals surface area contributed by atoms with E-state index in [1.807, 2.05) is 12.1 Å². The number of carbonyl (C=O) groups excluding carboxylic acids is 1. The highest BCUT2D eigenvalue weighted by molar-refractivity contribution is 7.91. The first kappa shape index (κ1) is 23.9. The van der Waals surface area contributed by atoms with E-state index in [2.05, 4.69) is 13.0 Å². The van der Waals surface area contributed by atoms with Gasteiger partial charge in [0.05, 0.1) is 28.8 Å². The van der Waals surface area contributed by atoms with Crippen LogP contribution in [0.5, 0.6) is 0 Å². The lowest BCUT2D eigenvalue weighted by molar-refractivity contribution is -0.123. The number of amides is 1. The summed E-state index contributed by atoms with van der Waals surface area (Å²) in [5, 5.41) is 2.44. The highest BCUT2D eigenvalue weighted by Crippen LogP contribution is 2.34. The number of carbonyl (C=O) groups is 1. The molecule has 2 aliphatic heterocycles. The average Bonchev–Trinajstić information content (AvgIpc) is 3.63. The van der Waals surface area contributed by atoms with Crippen LogP contribution in [0.15, 0.2) is 39.9 Å². The fourth-order valence-corrected chi connectivity index (χ4v) is 8.47. The maximum Gasteiger partial charge on any atom is 0.252 e. The van der Waals surface area contributed by atoms with E-state index in [1.165, 1.54) is 27.0 Å². The van der Waals surface area contributed by atoms with Gasteiger partial charge in [0.2, 0.25) is 5.91 Å². The molecule has 34 heavy (non-hydrogen) atoms. The number of aryl methyl sites for hydroxylation is 1. The lowest BCUT2D eigenvalue weighted by Crippen LogP contribution is -2.48. The van der Waals surface area contributed by atoms with Crippen LogP contribution in [0.4, 0.5) is 5.13 Å². The van der Waals surface area contributed by atoms with Crippen molar-refractivity contribution in [3.05, 3.63) is 41.3 Å². The SMILES string of the molecule is CCc1cccc2sc(N(CC3CCCO3)C(=O)C3CCCN(S(=O)(=O)c4cccs4)C3)nc12. The molecular formula is C24H29N3O4S3. The number of fused-ring (bicyclic) bond motifs is 1. The van der Waals surface area contributed by atoms with Crippen molar-refractivity contribution in [1.82, 2.24) is 9.29 Å². The molecule has 2 aromatic heterocycles. The number of thiophene rings is 1. The summed E-state index contributed by atoms with van der Waals surface area (Å²) in [4.78, 5) is 20.6. The van der Waals surface area contributed by atoms with Crippen LogP contribution in [0.2, 0.25) is 0 Å². The summed E-state index contributed by atoms with van der Waals surface area (Å²) in [7, 11) is -3.58. The maximum absolute atomic E-state index is 13.9. The molecule has 0 radical (unpaired) electrons. The Morgan fingerprint density at radius 2 is 2.12 bits per heavy atom. The molecule has 2 saturated heterocycles. The van der Waals surface area contributed by atoms with Crippen LogP contribution in [0.3, 0.4) is 0 Å². The number of anilines is 1. The van der Waals surface area contributed by atoms with Crippen molar-refractivity contribution in [1.29, 1.82) is 0 Å². The molecule has 0 bridgehead atoms. The smallest absolute Gasteiger partial charge is 0.252 e. The Labute approximate surface area is 208 Å². The van der Waals surface area contributed by atoms with Crippen LogP contribution in [0.25, 0.3) is 10.2 Å². The Morgan fingerprint density at radius 1 is 1.24 bits per heavy atom. The zero-order chi connectivity index (χ0) is 23.7. The van der Waals surface area contributed by atoms with Crippen LogP contribution in [0, 0.1) is 5.92 Å². The van der Waals surface area contributed by atoms with E-state index in [0.717, 1.165) is 35.0 Å². The molecule has 7 nitrogen and oxygen atoms in total. The molecule has 0 N–H and O–H groups in total. The van der Waals surface area contributed by atoms with E-state index in [4.69, 9.17) is 9.72 Å². The van der Waals surface area contributed by atoms with Gasteiger partial charge in [-0.15, -0.1) is 11.3 Å². The quantitative estimate of drug-likeness (QED) is 0.458. The van der Waals surface area contributed by atoms with Gasteiger partial charge in [-0.1, -0.05) is 36.5 Å². The minimum Gasteiger partial charge on any atom is -0.376 e. The third-order valence-corrected chi connectivity index (χ3v) is 10.9. The first-order valence-electron chi connectivity index (χ1n) is 11.8. The molecule has 2 unspecified atom stereocenters. The van der Waals surface area contributed by atoms with Crippen LogP contribution >= 0.6 is 22.7 Å². The number of rotatable bonds is 7. The third kappa shape index (κ3) is 4.66. The number of benzene rings is 1. The van der Waals surface area contributed by atoms with Gasteiger partial charge >= 0.3 is 0 Å². The average molecular weight is 520 g/mol. The maximum atomic E-state index is 13.9. The van der Waals surface area contributed by atoms with Gasteiger partial charge < -0.3 is 4.74 Å². The second-order valence-corrected chi connectivity index (χ2v) is 13.0. The molecule has 2 atom stereocenters. The van der Waals surface area contributed by atoms with Crippen molar-refractivity contribution in [3.63, 3.8) is 0 Å². The van der Waals surface area contributed by atoms with Gasteiger partial charge in [0, 0.05) is 19.7 Å². The van der Waals surface area contributed by atoms with Crippen LogP contribution in [-0.4, -0.2) is 56.0 Å². The van der Waals surface area contributed by atoms with E-state index < -0.39 is 15.9 Å². The van der Waals surface area contributed by atoms with Crippen LogP contribution in [-0.2, 0) is 26.0 Å². The van der Waals surface area contributed by atoms with Gasteiger partial charge in [0.25, 0.3) is 10.0 Å². The topological polar surface area (TPSA) is 79.8 Å². The summed E-state index contributed by atoms with van der Waals surface area (Å²) in [6.07, 6.45) is 4.09. The van der Waals surface area contributed by atoms with Gasteiger partial charge in [-0.25, -0.2) is 13.4 Å². The van der Waals surface area contributed by atoms with Crippen molar-refractivity contribution in [3.8, 4) is 0 Å². The molecule has 2 aliphatic rings. The van der Waals surface area contributed by atoms with Gasteiger partial charge in [-0.2, -0.15) is 4.31 Å². The predicted octanol–water partition coefficient (Wildman–Crippen LogP) is 4.53. The highest BCUT2D eigenvalue weighted by Gasteiger charge is 2.37. The first-order chi connectivity index (χ1) is 16.5. The molecule has 1 amide bonds. The Balaban J connectivity index is 1.43. The lowest BCUT2D eigenvalue weighted by atomic mass is 9.98. The standard InChI is InChI=1S/C24H29N3O4S3/c1-2-17-7-3-10-20-22(17)25-24(33-20)27(16-19-9-5-13-31-19)23(28)18-8-4-12-26(15-18)34(29,30)21-11-6-14-32-21/h3,6-7,10-11,14,18-19H,2,4-5,8-9,12-13,15-16H2,1H3. The van der Waals surface area contributed by atoms with Crippen molar-refractivity contribution >= 4 is 54.0 Å². The van der Waals surface area contributed by atoms with E-state index >= 15 is 0 Å². The molecule has 2 fully saturated rings. The molecule has 5 rings (SSSR count). The summed E-state index contributed by atoms with van der Waals surface area (Å²) in [6, 6.07) is 9.52. The largest absolute Gasteiger partial charge is 0.376 e. The third-order valence-electron chi connectivity index (χ3n) is 6.60. The van der Waals surface area contributed by atoms with Gasteiger partial charge in [0.1, 0.15) is 4.21 Å². The number of piperidine rings is 1. The number of para-hydroxylation sites is 1. The van der Waals surface area contributed by atoms with Crippen LogP contribution in [0.1, 0.15) is 38.2 Å². The molecule has 0 spiro atoms. The molecule has 1 aromatic carbocycles. The lowest BCUT2D eigenvalue weighted by Gasteiger charge is -2.34. The van der Waals surface area contributed by atoms with Crippen LogP contribution < -0.4 is 4.90 Å². The fourth-order valence-electron chi connectivity index (χ4n) is 4.77. The van der Waals surface area contributed by atoms with Crippen molar-refractivity contribution in [2.24, 2.45) is 5.92 Å². The number of thiazole rings is 1. The van der Waals surface area contributed by atoms with Gasteiger partial charge in [0.15, 0.2) is 5.13 Å². The normalized spacial score (nSPS) is 21.8. The fraction of sp³-hybridized carbons (Fsp3) is 0.500. The minimum atomic E-state index is -3.58. The second kappa shape index (κ2) is 10.0. The predicted molar refractivity (Wildman–Crippen MR) is 136 cm³/mol. The van der Waals surface area contributed by atoms with Gasteiger partial charge in [-0.05, 0) is 55.2 Å². The summed E-state index contributed by atoms with van der Waals surface area (Å²) < 4.78 is 34.9. The first-order valence-corrected chi connectivity index (χ1v) is 15.0. The zero-order valence-electron chi connectivity index (χ0n) is 19.2. The van der Waals surface area contributed by atoms with E-state index in [1.54, 1.807) is 22.4 Å². The summed E-state index contributed by atoms with van der Waals surface area (Å²) >= 11 is 2.74. The molecule has 182 valence electrons. The molecule has 3 aromatic rings. The van der Waals surface area contributed by atoms with E-state index in [0.29, 0.717) is 41.9 Å². The molecule has 0 saturated carbocycles. The van der Waals surface area contributed by atoms with Crippen molar-refractivity contribution < 1.29 is 17.9 Å². The molecule has 0 aliphatic carbocycles. The monoisotopic (exact) mass is 519 g/mol. The zero-order valence-corrected chi connectivity index (χ0v) is 21.6. The van der Waals surface area contributed by atoms with Gasteiger partial charge in [-0.3, -0.25) is 9.69 Å².